The molecule has 0 bridgehead atoms. The topological polar surface area (TPSA) is 38.9 Å². The van der Waals surface area contributed by atoms with Gasteiger partial charge >= 0.3 is 0 Å². The molecule has 209 valence electrons. The standard InChI is InChI=1S/C20H18NOSi.C16H16N.Ir/c1-23(2,3)18-12-7-11-17-19(18)15-9-6-8-14(20(15)22-17)16-10-4-5-13-21-16;1-2-8-14(9-3-1)16-11-10-15(12-17-16)13-6-4-5-7-13;/h4-7,9-13H,1-3H3;1-3,8,10-13H,4-7H2;/q2*-1;. The molecule has 41 heavy (non-hydrogen) atoms. The molecular formula is C36H34IrN2OSi-2. The summed E-state index contributed by atoms with van der Waals surface area (Å²) in [6.07, 6.45) is 9.26. The molecule has 3 nitrogen and oxygen atoms in total. The zero-order chi connectivity index (χ0) is 27.5. The third-order valence-electron chi connectivity index (χ3n) is 7.78. The van der Waals surface area contributed by atoms with Gasteiger partial charge in [-0.3, -0.25) is 0 Å². The minimum atomic E-state index is -1.46. The molecule has 1 aliphatic rings. The van der Waals surface area contributed by atoms with Crippen molar-refractivity contribution in [2.75, 3.05) is 0 Å². The second-order valence-electron chi connectivity index (χ2n) is 11.6. The monoisotopic (exact) mass is 731 g/mol. The Morgan fingerprint density at radius 2 is 1.61 bits per heavy atom. The second-order valence-corrected chi connectivity index (χ2v) is 16.6. The van der Waals surface area contributed by atoms with E-state index in [1.165, 1.54) is 41.8 Å². The molecule has 7 rings (SSSR count). The Hall–Kier alpha value is -3.37. The van der Waals surface area contributed by atoms with E-state index in [1.807, 2.05) is 48.7 Å². The first kappa shape index (κ1) is 29.1. The Morgan fingerprint density at radius 3 is 2.29 bits per heavy atom. The number of benzene rings is 3. The van der Waals surface area contributed by atoms with E-state index in [0.717, 1.165) is 45.0 Å². The van der Waals surface area contributed by atoms with Gasteiger partial charge in [-0.25, -0.2) is 0 Å². The normalized spacial score (nSPS) is 13.5. The molecule has 0 unspecified atom stereocenters. The van der Waals surface area contributed by atoms with Crippen molar-refractivity contribution in [3.63, 3.8) is 0 Å². The van der Waals surface area contributed by atoms with Crippen molar-refractivity contribution in [2.45, 2.75) is 51.2 Å². The van der Waals surface area contributed by atoms with Crippen molar-refractivity contribution in [3.05, 3.63) is 115 Å². The van der Waals surface area contributed by atoms with Crippen molar-refractivity contribution < 1.29 is 24.5 Å². The molecule has 5 heteroatoms. The molecule has 1 saturated carbocycles. The summed E-state index contributed by atoms with van der Waals surface area (Å²) in [6, 6.07) is 35.3. The molecule has 1 aliphatic carbocycles. The number of rotatable bonds is 4. The number of pyridine rings is 2. The van der Waals surface area contributed by atoms with Crippen LogP contribution < -0.4 is 5.19 Å². The molecule has 0 amide bonds. The molecule has 0 spiro atoms. The van der Waals surface area contributed by atoms with E-state index in [-0.39, 0.29) is 20.1 Å². The van der Waals surface area contributed by atoms with Gasteiger partial charge in [0, 0.05) is 37.9 Å². The van der Waals surface area contributed by atoms with Gasteiger partial charge in [0.1, 0.15) is 5.58 Å². The van der Waals surface area contributed by atoms with Crippen LogP contribution >= 0.6 is 0 Å². The summed E-state index contributed by atoms with van der Waals surface area (Å²) < 4.78 is 6.22. The molecule has 1 radical (unpaired) electrons. The molecule has 0 saturated heterocycles. The SMILES string of the molecule is C[Si](C)(C)c1cccc2oc3c(-c4ccccn4)[c-]ccc3c12.[Ir].[c-]1ccccc1-c1ccc(C2CCCC2)cn1. The summed E-state index contributed by atoms with van der Waals surface area (Å²) in [6.45, 7) is 7.11. The predicted molar refractivity (Wildman–Crippen MR) is 168 cm³/mol. The molecule has 0 aliphatic heterocycles. The van der Waals surface area contributed by atoms with Crippen LogP contribution in [0.15, 0.2) is 102 Å². The fraction of sp³-hybridized carbons (Fsp3) is 0.222. The van der Waals surface area contributed by atoms with E-state index in [0.29, 0.717) is 0 Å². The average Bonchev–Trinajstić information content (AvgIpc) is 3.67. The first-order valence-corrected chi connectivity index (χ1v) is 17.7. The minimum Gasteiger partial charge on any atom is -0.501 e. The Kier molecular flexibility index (Phi) is 8.99. The van der Waals surface area contributed by atoms with E-state index in [2.05, 4.69) is 84.2 Å². The van der Waals surface area contributed by atoms with Crippen LogP contribution in [-0.4, -0.2) is 18.0 Å². The second kappa shape index (κ2) is 12.6. The largest absolute Gasteiger partial charge is 0.501 e. The van der Waals surface area contributed by atoms with Gasteiger partial charge in [-0.2, -0.15) is 0 Å². The van der Waals surface area contributed by atoms with Gasteiger partial charge in [-0.15, -0.1) is 54.1 Å². The number of hydrogen-bond acceptors (Lipinski definition) is 3. The van der Waals surface area contributed by atoms with Crippen molar-refractivity contribution in [1.82, 2.24) is 9.97 Å². The van der Waals surface area contributed by atoms with E-state index < -0.39 is 8.07 Å². The summed E-state index contributed by atoms with van der Waals surface area (Å²) in [5.41, 5.74) is 7.16. The van der Waals surface area contributed by atoms with E-state index >= 15 is 0 Å². The Balaban J connectivity index is 0.000000168. The summed E-state index contributed by atoms with van der Waals surface area (Å²) in [4.78, 5) is 9.02. The summed E-state index contributed by atoms with van der Waals surface area (Å²) in [7, 11) is -1.46. The summed E-state index contributed by atoms with van der Waals surface area (Å²) >= 11 is 0. The number of nitrogens with zero attached hydrogens (tertiary/aromatic N) is 2. The summed E-state index contributed by atoms with van der Waals surface area (Å²) in [5.74, 6) is 0.747. The van der Waals surface area contributed by atoms with Gasteiger partial charge in [-0.05, 0) is 47.8 Å². The van der Waals surface area contributed by atoms with E-state index in [1.54, 1.807) is 6.20 Å². The van der Waals surface area contributed by atoms with Crippen LogP contribution in [0.5, 0.6) is 0 Å². The van der Waals surface area contributed by atoms with Crippen LogP contribution in [0, 0.1) is 12.1 Å². The van der Waals surface area contributed by atoms with Crippen LogP contribution in [0.1, 0.15) is 37.2 Å². The molecule has 0 N–H and O–H groups in total. The van der Waals surface area contributed by atoms with Gasteiger partial charge < -0.3 is 14.4 Å². The van der Waals surface area contributed by atoms with Gasteiger partial charge in [0.15, 0.2) is 0 Å². The molecule has 6 aromatic rings. The Bertz CT molecular complexity index is 1720. The maximum absolute atomic E-state index is 6.22. The molecule has 3 aromatic carbocycles. The zero-order valence-electron chi connectivity index (χ0n) is 23.8. The van der Waals surface area contributed by atoms with Crippen molar-refractivity contribution in [3.8, 4) is 22.5 Å². The number of hydrogen-bond donors (Lipinski definition) is 0. The quantitative estimate of drug-likeness (QED) is 0.134. The van der Waals surface area contributed by atoms with Crippen LogP contribution in [0.4, 0.5) is 0 Å². The number of furan rings is 1. The van der Waals surface area contributed by atoms with Crippen LogP contribution in [0.3, 0.4) is 0 Å². The first-order chi connectivity index (χ1) is 19.5. The van der Waals surface area contributed by atoms with Crippen molar-refractivity contribution in [2.24, 2.45) is 0 Å². The molecule has 3 aromatic heterocycles. The van der Waals surface area contributed by atoms with Gasteiger partial charge in [-0.1, -0.05) is 85.0 Å². The van der Waals surface area contributed by atoms with Crippen molar-refractivity contribution >= 4 is 35.2 Å². The molecule has 1 fully saturated rings. The smallest absolute Gasteiger partial charge is 0.120 e. The van der Waals surface area contributed by atoms with Crippen LogP contribution in [0.2, 0.25) is 19.6 Å². The fourth-order valence-corrected chi connectivity index (χ4v) is 7.34. The first-order valence-electron chi connectivity index (χ1n) is 14.2. The van der Waals surface area contributed by atoms with E-state index in [9.17, 15) is 0 Å². The van der Waals surface area contributed by atoms with Gasteiger partial charge in [0.05, 0.1) is 13.7 Å². The van der Waals surface area contributed by atoms with Gasteiger partial charge in [0.2, 0.25) is 0 Å². The minimum absolute atomic E-state index is 0. The molecule has 3 heterocycles. The predicted octanol–water partition coefficient (Wildman–Crippen LogP) is 9.20. The van der Waals surface area contributed by atoms with E-state index in [4.69, 9.17) is 4.42 Å². The van der Waals surface area contributed by atoms with Crippen molar-refractivity contribution in [1.29, 1.82) is 0 Å². The zero-order valence-corrected chi connectivity index (χ0v) is 27.2. The third kappa shape index (κ3) is 6.28. The number of fused-ring (bicyclic) bond motifs is 3. The van der Waals surface area contributed by atoms with Gasteiger partial charge in [0.25, 0.3) is 0 Å². The maximum atomic E-state index is 6.22. The Morgan fingerprint density at radius 1 is 0.780 bits per heavy atom. The third-order valence-corrected chi connectivity index (χ3v) is 9.82. The van der Waals surface area contributed by atoms with Crippen LogP contribution in [0.25, 0.3) is 44.5 Å². The maximum Gasteiger partial charge on any atom is 0.120 e. The Labute approximate surface area is 257 Å². The number of aromatic nitrogens is 2. The fourth-order valence-electron chi connectivity index (χ4n) is 5.73. The summed E-state index contributed by atoms with van der Waals surface area (Å²) in [5, 5.41) is 3.86. The van der Waals surface area contributed by atoms with Crippen LogP contribution in [-0.2, 0) is 20.1 Å². The molecular weight excluding hydrogens is 697 g/mol. The average molecular weight is 731 g/mol. The molecule has 0 atom stereocenters.